The fourth-order valence-electron chi connectivity index (χ4n) is 1.95. The monoisotopic (exact) mass is 306 g/mol. The van der Waals surface area contributed by atoms with Gasteiger partial charge in [-0.25, -0.2) is 4.79 Å². The van der Waals surface area contributed by atoms with Crippen LogP contribution in [0, 0.1) is 6.92 Å². The van der Waals surface area contributed by atoms with Gasteiger partial charge in [0.2, 0.25) is 0 Å². The van der Waals surface area contributed by atoms with E-state index in [0.717, 1.165) is 10.5 Å². The van der Waals surface area contributed by atoms with Gasteiger partial charge in [0.25, 0.3) is 0 Å². The average molecular weight is 306 g/mol. The molecule has 6 nitrogen and oxygen atoms in total. The smallest absolute Gasteiger partial charge is 0.408 e. The normalized spacial score (nSPS) is 15.1. The van der Waals surface area contributed by atoms with Gasteiger partial charge in [0.15, 0.2) is 5.78 Å². The van der Waals surface area contributed by atoms with Crippen molar-refractivity contribution in [2.24, 2.45) is 0 Å². The fourth-order valence-corrected chi connectivity index (χ4v) is 2.30. The van der Waals surface area contributed by atoms with Crippen molar-refractivity contribution in [3.8, 4) is 0 Å². The lowest BCUT2D eigenvalue weighted by Crippen LogP contribution is -2.43. The molecule has 0 unspecified atom stereocenters. The Kier molecular flexibility index (Phi) is 4.23. The summed E-state index contributed by atoms with van der Waals surface area (Å²) in [6.07, 6.45) is -1.26. The van der Waals surface area contributed by atoms with Crippen molar-refractivity contribution < 1.29 is 19.8 Å². The van der Waals surface area contributed by atoms with Crippen molar-refractivity contribution in [2.75, 3.05) is 18.4 Å². The van der Waals surface area contributed by atoms with Crippen LogP contribution in [-0.4, -0.2) is 45.1 Å². The van der Waals surface area contributed by atoms with E-state index in [0.29, 0.717) is 5.69 Å². The van der Waals surface area contributed by atoms with Crippen molar-refractivity contribution in [3.63, 3.8) is 0 Å². The fraction of sp³-hybridized carbons (Fsp3) is 0.214. The Bertz CT molecular complexity index is 637. The molecule has 1 amide bonds. The number of Topliss-reactive ketones (excluding diaryl/α,β-unsaturated/α-hetero) is 1. The Morgan fingerprint density at radius 3 is 2.43 bits per heavy atom. The SMILES string of the molecule is Cc1ccc(NC(=S)C2=C(O)CN(C(=O)O)CC2=O)cc1. The summed E-state index contributed by atoms with van der Waals surface area (Å²) < 4.78 is 0. The number of thiocarbonyl (C=S) groups is 1. The first-order valence-corrected chi connectivity index (χ1v) is 6.60. The first-order valence-electron chi connectivity index (χ1n) is 6.19. The van der Waals surface area contributed by atoms with Gasteiger partial charge in [-0.1, -0.05) is 29.9 Å². The van der Waals surface area contributed by atoms with Crippen LogP contribution < -0.4 is 5.32 Å². The highest BCUT2D eigenvalue weighted by atomic mass is 32.1. The highest BCUT2D eigenvalue weighted by molar-refractivity contribution is 7.81. The Labute approximate surface area is 126 Å². The summed E-state index contributed by atoms with van der Waals surface area (Å²) in [5.41, 5.74) is 1.75. The van der Waals surface area contributed by atoms with Gasteiger partial charge < -0.3 is 15.5 Å². The summed E-state index contributed by atoms with van der Waals surface area (Å²) in [5.74, 6) is -0.857. The molecule has 1 aliphatic rings. The van der Waals surface area contributed by atoms with Gasteiger partial charge in [-0.15, -0.1) is 0 Å². The van der Waals surface area contributed by atoms with Gasteiger partial charge in [-0.05, 0) is 19.1 Å². The molecule has 0 radical (unpaired) electrons. The molecule has 110 valence electrons. The summed E-state index contributed by atoms with van der Waals surface area (Å²) in [6.45, 7) is 1.39. The molecule has 0 spiro atoms. The third-order valence-corrected chi connectivity index (χ3v) is 3.36. The minimum Gasteiger partial charge on any atom is -0.510 e. The van der Waals surface area contributed by atoms with Crippen molar-refractivity contribution >= 4 is 34.8 Å². The molecule has 0 bridgehead atoms. The molecule has 1 aromatic rings. The number of carbonyl (C=O) groups excluding carboxylic acids is 1. The molecule has 21 heavy (non-hydrogen) atoms. The summed E-state index contributed by atoms with van der Waals surface area (Å²) in [6, 6.07) is 7.37. The van der Waals surface area contributed by atoms with Crippen LogP contribution in [0.25, 0.3) is 0 Å². The van der Waals surface area contributed by atoms with Gasteiger partial charge in [0.1, 0.15) is 10.7 Å². The number of hydrogen-bond donors (Lipinski definition) is 3. The van der Waals surface area contributed by atoms with Crippen LogP contribution in [0.5, 0.6) is 0 Å². The molecule has 0 aromatic heterocycles. The second-order valence-corrected chi connectivity index (χ2v) is 5.11. The van der Waals surface area contributed by atoms with E-state index in [-0.39, 0.29) is 29.4 Å². The molecule has 1 heterocycles. The Morgan fingerprint density at radius 2 is 1.90 bits per heavy atom. The maximum absolute atomic E-state index is 12.0. The topological polar surface area (TPSA) is 89.9 Å². The van der Waals surface area contributed by atoms with E-state index in [4.69, 9.17) is 17.3 Å². The number of nitrogens with one attached hydrogen (secondary N) is 1. The number of nitrogens with zero attached hydrogens (tertiary/aromatic N) is 1. The molecular formula is C14H14N2O4S. The maximum Gasteiger partial charge on any atom is 0.408 e. The maximum atomic E-state index is 12.0. The number of aliphatic hydroxyl groups is 1. The number of carbonyl (C=O) groups is 2. The predicted molar refractivity (Wildman–Crippen MR) is 81.7 cm³/mol. The molecular weight excluding hydrogens is 292 g/mol. The van der Waals surface area contributed by atoms with Gasteiger partial charge in [0.05, 0.1) is 18.7 Å². The lowest BCUT2D eigenvalue weighted by atomic mass is 10.0. The molecule has 7 heteroatoms. The zero-order valence-electron chi connectivity index (χ0n) is 11.3. The van der Waals surface area contributed by atoms with Crippen LogP contribution in [0.15, 0.2) is 35.6 Å². The van der Waals surface area contributed by atoms with Crippen LogP contribution in [-0.2, 0) is 4.79 Å². The number of aliphatic hydroxyl groups excluding tert-OH is 1. The average Bonchev–Trinajstić information content (AvgIpc) is 2.40. The highest BCUT2D eigenvalue weighted by Gasteiger charge is 2.30. The zero-order chi connectivity index (χ0) is 15.6. The van der Waals surface area contributed by atoms with Crippen LogP contribution in [0.4, 0.5) is 10.5 Å². The summed E-state index contributed by atoms with van der Waals surface area (Å²) in [7, 11) is 0. The molecule has 0 fully saturated rings. The van der Waals surface area contributed by atoms with Crippen molar-refractivity contribution in [3.05, 3.63) is 41.2 Å². The van der Waals surface area contributed by atoms with E-state index in [1.807, 2.05) is 19.1 Å². The molecule has 2 rings (SSSR count). The number of ketones is 1. The minimum absolute atomic E-state index is 0.0249. The third kappa shape index (κ3) is 3.38. The van der Waals surface area contributed by atoms with Gasteiger partial charge >= 0.3 is 6.09 Å². The van der Waals surface area contributed by atoms with Crippen molar-refractivity contribution in [2.45, 2.75) is 6.92 Å². The van der Waals surface area contributed by atoms with Crippen LogP contribution in [0.1, 0.15) is 5.56 Å². The van der Waals surface area contributed by atoms with E-state index >= 15 is 0 Å². The lowest BCUT2D eigenvalue weighted by molar-refractivity contribution is -0.116. The molecule has 0 saturated carbocycles. The summed E-state index contributed by atoms with van der Waals surface area (Å²) in [5, 5.41) is 21.6. The molecule has 3 N–H and O–H groups in total. The number of aryl methyl sites for hydroxylation is 1. The van der Waals surface area contributed by atoms with E-state index in [2.05, 4.69) is 5.32 Å². The predicted octanol–water partition coefficient (Wildman–Crippen LogP) is 2.11. The van der Waals surface area contributed by atoms with E-state index in [1.165, 1.54) is 0 Å². The lowest BCUT2D eigenvalue weighted by Gasteiger charge is -2.25. The highest BCUT2D eigenvalue weighted by Crippen LogP contribution is 2.17. The summed E-state index contributed by atoms with van der Waals surface area (Å²) in [4.78, 5) is 23.7. The Hall–Kier alpha value is -2.41. The number of anilines is 1. The molecule has 0 atom stereocenters. The second kappa shape index (κ2) is 5.92. The minimum atomic E-state index is -1.26. The van der Waals surface area contributed by atoms with E-state index in [1.54, 1.807) is 12.1 Å². The quantitative estimate of drug-likeness (QED) is 0.725. The number of carboxylic acid groups (broad SMARTS) is 1. The number of benzene rings is 1. The number of amides is 1. The third-order valence-electron chi connectivity index (χ3n) is 3.05. The van der Waals surface area contributed by atoms with Crippen LogP contribution >= 0.6 is 12.2 Å². The van der Waals surface area contributed by atoms with Gasteiger partial charge in [-0.2, -0.15) is 0 Å². The summed E-state index contributed by atoms with van der Waals surface area (Å²) >= 11 is 5.13. The molecule has 1 aromatic carbocycles. The first kappa shape index (κ1) is 15.0. The molecule has 1 aliphatic heterocycles. The second-order valence-electron chi connectivity index (χ2n) is 4.70. The van der Waals surface area contributed by atoms with Gasteiger partial charge in [-0.3, -0.25) is 9.69 Å². The number of hydrogen-bond acceptors (Lipinski definition) is 4. The zero-order valence-corrected chi connectivity index (χ0v) is 12.1. The van der Waals surface area contributed by atoms with Crippen molar-refractivity contribution in [1.82, 2.24) is 4.90 Å². The Morgan fingerprint density at radius 1 is 1.29 bits per heavy atom. The largest absolute Gasteiger partial charge is 0.510 e. The van der Waals surface area contributed by atoms with Gasteiger partial charge in [0, 0.05) is 5.69 Å². The van der Waals surface area contributed by atoms with Crippen LogP contribution in [0.2, 0.25) is 0 Å². The number of rotatable bonds is 2. The van der Waals surface area contributed by atoms with E-state index < -0.39 is 11.9 Å². The Balaban J connectivity index is 2.18. The molecule has 0 aliphatic carbocycles. The first-order chi connectivity index (χ1) is 9.88. The van der Waals surface area contributed by atoms with E-state index in [9.17, 15) is 14.7 Å². The molecule has 0 saturated heterocycles. The van der Waals surface area contributed by atoms with Crippen LogP contribution in [0.3, 0.4) is 0 Å². The van der Waals surface area contributed by atoms with Crippen molar-refractivity contribution in [1.29, 1.82) is 0 Å². The standard InChI is InChI=1S/C14H14N2O4S/c1-8-2-4-9(5-3-8)15-13(21)12-10(17)6-16(14(19)20)7-11(12)18/h2-5,17H,6-7H2,1H3,(H,15,21)(H,19,20).